The zero-order valence-electron chi connectivity index (χ0n) is 38.8. The van der Waals surface area contributed by atoms with Crippen molar-refractivity contribution in [3.8, 4) is 0 Å². The smallest absolute Gasteiger partial charge is 0.305 e. The van der Waals surface area contributed by atoms with Crippen LogP contribution in [0.15, 0.2) is 24.3 Å². The van der Waals surface area contributed by atoms with Gasteiger partial charge in [0, 0.05) is 12.8 Å². The second-order valence-electron chi connectivity index (χ2n) is 17.5. The van der Waals surface area contributed by atoms with Gasteiger partial charge in [0.25, 0.3) is 0 Å². The van der Waals surface area contributed by atoms with Gasteiger partial charge in [0.05, 0.1) is 25.4 Å². The number of aliphatic hydroxyl groups excluding tert-OH is 2. The maximum absolute atomic E-state index is 12.4. The van der Waals surface area contributed by atoms with Crippen LogP contribution >= 0.6 is 0 Å². The van der Waals surface area contributed by atoms with Crippen LogP contribution < -0.4 is 5.32 Å². The van der Waals surface area contributed by atoms with Gasteiger partial charge in [-0.25, -0.2) is 0 Å². The van der Waals surface area contributed by atoms with Crippen LogP contribution in [0.2, 0.25) is 0 Å². The van der Waals surface area contributed by atoms with E-state index in [-0.39, 0.29) is 18.5 Å². The molecule has 0 aliphatic heterocycles. The van der Waals surface area contributed by atoms with Crippen molar-refractivity contribution in [3.05, 3.63) is 24.3 Å². The molecule has 0 saturated heterocycles. The largest absolute Gasteiger partial charge is 0.466 e. The fourth-order valence-corrected chi connectivity index (χ4v) is 7.74. The van der Waals surface area contributed by atoms with Crippen LogP contribution in [0.25, 0.3) is 0 Å². The summed E-state index contributed by atoms with van der Waals surface area (Å²) in [5.74, 6) is -0.111. The average molecular weight is 818 g/mol. The van der Waals surface area contributed by atoms with Gasteiger partial charge < -0.3 is 20.3 Å². The first-order chi connectivity index (χ1) is 28.5. The molecule has 0 saturated carbocycles. The summed E-state index contributed by atoms with van der Waals surface area (Å²) in [6, 6.07) is -0.642. The molecule has 6 heteroatoms. The minimum absolute atomic E-state index is 0.0248. The summed E-state index contributed by atoms with van der Waals surface area (Å²) in [7, 11) is 0. The van der Waals surface area contributed by atoms with E-state index in [1.54, 1.807) is 6.08 Å². The van der Waals surface area contributed by atoms with Gasteiger partial charge >= 0.3 is 5.97 Å². The van der Waals surface area contributed by atoms with Crippen molar-refractivity contribution in [2.45, 2.75) is 283 Å². The Bertz CT molecular complexity index is 904. The SMILES string of the molecule is CCCCCC/C=C\CCCCCCCC(=O)OCCCCCCCCCCCCCC(=O)NC(CO)C(O)/C=C/CCCCCCCCCCCCCCCCC. The maximum Gasteiger partial charge on any atom is 0.305 e. The van der Waals surface area contributed by atoms with Crippen molar-refractivity contribution < 1.29 is 24.5 Å². The topological polar surface area (TPSA) is 95.9 Å². The molecule has 0 aliphatic carbocycles. The normalized spacial score (nSPS) is 12.8. The van der Waals surface area contributed by atoms with Crippen molar-refractivity contribution in [1.29, 1.82) is 0 Å². The second-order valence-corrected chi connectivity index (χ2v) is 17.5. The number of nitrogens with one attached hydrogen (secondary N) is 1. The van der Waals surface area contributed by atoms with E-state index in [0.717, 1.165) is 57.8 Å². The summed E-state index contributed by atoms with van der Waals surface area (Å²) < 4.78 is 5.44. The molecule has 0 aromatic rings. The molecule has 3 N–H and O–H groups in total. The molecule has 342 valence electrons. The Hall–Kier alpha value is -1.66. The summed E-state index contributed by atoms with van der Waals surface area (Å²) in [5.41, 5.74) is 0. The summed E-state index contributed by atoms with van der Waals surface area (Å²) >= 11 is 0. The Balaban J connectivity index is 3.52. The molecule has 0 spiro atoms. The molecule has 0 aromatic carbocycles. The number of allylic oxidation sites excluding steroid dienone is 3. The fourth-order valence-electron chi connectivity index (χ4n) is 7.74. The maximum atomic E-state index is 12.4. The molecule has 0 heterocycles. The van der Waals surface area contributed by atoms with E-state index in [1.165, 1.54) is 186 Å². The Morgan fingerprint density at radius 3 is 1.24 bits per heavy atom. The lowest BCUT2D eigenvalue weighted by molar-refractivity contribution is -0.143. The Morgan fingerprint density at radius 1 is 0.466 bits per heavy atom. The van der Waals surface area contributed by atoms with E-state index in [1.807, 2.05) is 6.08 Å². The molecule has 2 unspecified atom stereocenters. The van der Waals surface area contributed by atoms with Crippen molar-refractivity contribution in [2.24, 2.45) is 0 Å². The zero-order chi connectivity index (χ0) is 42.3. The van der Waals surface area contributed by atoms with E-state index in [4.69, 9.17) is 4.74 Å². The first kappa shape index (κ1) is 56.3. The van der Waals surface area contributed by atoms with Gasteiger partial charge in [-0.15, -0.1) is 0 Å². The fraction of sp³-hybridized carbons (Fsp3) is 0.885. The van der Waals surface area contributed by atoms with E-state index >= 15 is 0 Å². The van der Waals surface area contributed by atoms with Crippen LogP contribution in [0.1, 0.15) is 271 Å². The Morgan fingerprint density at radius 2 is 0.810 bits per heavy atom. The van der Waals surface area contributed by atoms with Gasteiger partial charge in [-0.05, 0) is 57.8 Å². The van der Waals surface area contributed by atoms with Crippen molar-refractivity contribution in [3.63, 3.8) is 0 Å². The lowest BCUT2D eigenvalue weighted by Crippen LogP contribution is -2.45. The minimum atomic E-state index is -0.856. The molecule has 0 bridgehead atoms. The summed E-state index contributed by atoms with van der Waals surface area (Å²) in [6.07, 6.45) is 56.0. The van der Waals surface area contributed by atoms with E-state index in [2.05, 4.69) is 31.3 Å². The lowest BCUT2D eigenvalue weighted by atomic mass is 10.0. The predicted octanol–water partition coefficient (Wildman–Crippen LogP) is 15.1. The first-order valence-electron chi connectivity index (χ1n) is 25.6. The third-order valence-corrected chi connectivity index (χ3v) is 11.7. The standard InChI is InChI=1S/C52H99NO5/c1-3-5-7-9-11-13-15-17-18-19-20-22-24-28-32-36-40-44-50(55)49(48-54)53-51(56)45-41-37-33-29-25-23-27-31-35-39-43-47-58-52(57)46-42-38-34-30-26-21-16-14-12-10-8-6-4-2/h14,16,40,44,49-50,54-55H,3-13,15,17-39,41-43,45-48H2,1-2H3,(H,53,56)/b16-14-,44-40+. The molecule has 0 aromatic heterocycles. The van der Waals surface area contributed by atoms with E-state index in [0.29, 0.717) is 19.4 Å². The number of amides is 1. The molecular weight excluding hydrogens is 719 g/mol. The number of aliphatic hydroxyl groups is 2. The number of esters is 1. The lowest BCUT2D eigenvalue weighted by Gasteiger charge is -2.20. The van der Waals surface area contributed by atoms with Crippen molar-refractivity contribution in [1.82, 2.24) is 5.32 Å². The highest BCUT2D eigenvalue weighted by molar-refractivity contribution is 5.76. The highest BCUT2D eigenvalue weighted by Gasteiger charge is 2.18. The number of hydrogen-bond acceptors (Lipinski definition) is 5. The van der Waals surface area contributed by atoms with Gasteiger partial charge in [-0.2, -0.15) is 0 Å². The average Bonchev–Trinajstić information content (AvgIpc) is 3.22. The second kappa shape index (κ2) is 48.0. The number of carbonyl (C=O) groups is 2. The van der Waals surface area contributed by atoms with Crippen LogP contribution in [0.5, 0.6) is 0 Å². The molecule has 0 radical (unpaired) electrons. The van der Waals surface area contributed by atoms with Crippen LogP contribution in [0.3, 0.4) is 0 Å². The number of carbonyl (C=O) groups excluding carboxylic acids is 2. The summed E-state index contributed by atoms with van der Waals surface area (Å²) in [4.78, 5) is 24.4. The Labute approximate surface area is 361 Å². The zero-order valence-corrected chi connectivity index (χ0v) is 38.8. The Kier molecular flexibility index (Phi) is 46.6. The van der Waals surface area contributed by atoms with Crippen LogP contribution in [-0.4, -0.2) is 47.4 Å². The van der Waals surface area contributed by atoms with Gasteiger partial charge in [-0.3, -0.25) is 9.59 Å². The first-order valence-corrected chi connectivity index (χ1v) is 25.6. The number of hydrogen-bond donors (Lipinski definition) is 3. The summed E-state index contributed by atoms with van der Waals surface area (Å²) in [6.45, 7) is 4.84. The van der Waals surface area contributed by atoms with Gasteiger partial charge in [0.1, 0.15) is 0 Å². The third kappa shape index (κ3) is 43.9. The molecule has 0 fully saturated rings. The molecule has 0 aliphatic rings. The van der Waals surface area contributed by atoms with Gasteiger partial charge in [0.15, 0.2) is 0 Å². The predicted molar refractivity (Wildman–Crippen MR) is 250 cm³/mol. The third-order valence-electron chi connectivity index (χ3n) is 11.7. The van der Waals surface area contributed by atoms with Gasteiger partial charge in [-0.1, -0.05) is 224 Å². The van der Waals surface area contributed by atoms with Crippen LogP contribution in [-0.2, 0) is 14.3 Å². The van der Waals surface area contributed by atoms with Crippen molar-refractivity contribution >= 4 is 11.9 Å². The molecule has 58 heavy (non-hydrogen) atoms. The van der Waals surface area contributed by atoms with E-state index in [9.17, 15) is 19.8 Å². The molecular formula is C52H99NO5. The van der Waals surface area contributed by atoms with Gasteiger partial charge in [0.2, 0.25) is 5.91 Å². The minimum Gasteiger partial charge on any atom is -0.466 e. The van der Waals surface area contributed by atoms with E-state index < -0.39 is 12.1 Å². The number of unbranched alkanes of at least 4 members (excludes halogenated alkanes) is 34. The highest BCUT2D eigenvalue weighted by atomic mass is 16.5. The van der Waals surface area contributed by atoms with Crippen LogP contribution in [0.4, 0.5) is 0 Å². The monoisotopic (exact) mass is 818 g/mol. The van der Waals surface area contributed by atoms with Crippen LogP contribution in [0, 0.1) is 0 Å². The molecule has 0 rings (SSSR count). The number of rotatable bonds is 47. The molecule has 1 amide bonds. The quantitative estimate of drug-likeness (QED) is 0.0323. The number of ether oxygens (including phenoxy) is 1. The summed E-state index contributed by atoms with van der Waals surface area (Å²) in [5, 5.41) is 23.1. The molecule has 6 nitrogen and oxygen atoms in total. The highest BCUT2D eigenvalue weighted by Crippen LogP contribution is 2.16. The van der Waals surface area contributed by atoms with Crippen molar-refractivity contribution in [2.75, 3.05) is 13.2 Å². The molecule has 2 atom stereocenters.